The number of hydrogen-bond donors (Lipinski definition) is 2. The third kappa shape index (κ3) is 4.37. The molecule has 0 aliphatic carbocycles. The Balaban J connectivity index is 1.46. The number of hydrazine groups is 1. The lowest BCUT2D eigenvalue weighted by atomic mass is 10.1. The maximum Gasteiger partial charge on any atom is 0.271 e. The van der Waals surface area contributed by atoms with E-state index in [0.717, 1.165) is 17.1 Å². The first-order chi connectivity index (χ1) is 14.9. The van der Waals surface area contributed by atoms with Crippen LogP contribution in [0.2, 0.25) is 0 Å². The van der Waals surface area contributed by atoms with E-state index in [2.05, 4.69) is 10.9 Å². The number of aromatic nitrogens is 1. The molecule has 8 heteroatoms. The lowest BCUT2D eigenvalue weighted by Gasteiger charge is -2.20. The summed E-state index contributed by atoms with van der Waals surface area (Å²) in [6.07, 6.45) is 0.0246. The van der Waals surface area contributed by atoms with Crippen molar-refractivity contribution in [1.82, 2.24) is 15.4 Å². The lowest BCUT2D eigenvalue weighted by molar-refractivity contribution is -0.121. The molecule has 0 fully saturated rings. The van der Waals surface area contributed by atoms with Crippen LogP contribution >= 0.6 is 0 Å². The van der Waals surface area contributed by atoms with Crippen LogP contribution in [0.25, 0.3) is 5.69 Å². The quantitative estimate of drug-likeness (QED) is 0.632. The minimum atomic E-state index is -0.427. The zero-order chi connectivity index (χ0) is 22.0. The lowest BCUT2D eigenvalue weighted by Crippen LogP contribution is -2.42. The predicted molar refractivity (Wildman–Crippen MR) is 112 cm³/mol. The standard InChI is InChI=1S/C23H22FN3O4/c1-14-11-19(23(29)26-25-22(28)12-16-3-5-17(24)6-4-16)15(2)27(14)18-7-8-20-21(13-18)31-10-9-30-20/h3-8,11,13H,9-10,12H2,1-2H3,(H,25,28)(H,26,29). The first-order valence-electron chi connectivity index (χ1n) is 9.85. The summed E-state index contributed by atoms with van der Waals surface area (Å²) in [5, 5.41) is 0. The predicted octanol–water partition coefficient (Wildman–Crippen LogP) is 3.01. The third-order valence-electron chi connectivity index (χ3n) is 5.05. The van der Waals surface area contributed by atoms with E-state index < -0.39 is 11.8 Å². The van der Waals surface area contributed by atoms with Crippen LogP contribution in [0.1, 0.15) is 27.3 Å². The Bertz CT molecular complexity index is 1140. The second-order valence-corrected chi connectivity index (χ2v) is 7.25. The average Bonchev–Trinajstić information content (AvgIpc) is 3.07. The van der Waals surface area contributed by atoms with Crippen LogP contribution in [0.5, 0.6) is 11.5 Å². The average molecular weight is 423 g/mol. The van der Waals surface area contributed by atoms with Gasteiger partial charge >= 0.3 is 0 Å². The normalized spacial score (nSPS) is 12.4. The molecular weight excluding hydrogens is 401 g/mol. The van der Waals surface area contributed by atoms with Crippen molar-refractivity contribution >= 4 is 11.8 Å². The molecule has 2 N–H and O–H groups in total. The van der Waals surface area contributed by atoms with Gasteiger partial charge in [-0.25, -0.2) is 4.39 Å². The number of amides is 2. The summed E-state index contributed by atoms with van der Waals surface area (Å²) in [7, 11) is 0. The summed E-state index contributed by atoms with van der Waals surface area (Å²) in [5.41, 5.74) is 8.35. The minimum Gasteiger partial charge on any atom is -0.486 e. The highest BCUT2D eigenvalue weighted by atomic mass is 19.1. The Kier molecular flexibility index (Phi) is 5.62. The first kappa shape index (κ1) is 20.5. The number of aryl methyl sites for hydroxylation is 1. The van der Waals surface area contributed by atoms with E-state index in [1.165, 1.54) is 24.3 Å². The highest BCUT2D eigenvalue weighted by Gasteiger charge is 2.19. The largest absolute Gasteiger partial charge is 0.486 e. The van der Waals surface area contributed by atoms with E-state index in [-0.39, 0.29) is 12.2 Å². The topological polar surface area (TPSA) is 81.6 Å². The van der Waals surface area contributed by atoms with Gasteiger partial charge in [0.2, 0.25) is 5.91 Å². The van der Waals surface area contributed by atoms with E-state index in [9.17, 15) is 14.0 Å². The van der Waals surface area contributed by atoms with Crippen molar-refractivity contribution in [2.75, 3.05) is 13.2 Å². The van der Waals surface area contributed by atoms with Gasteiger partial charge in [0.1, 0.15) is 19.0 Å². The number of nitrogens with zero attached hydrogens (tertiary/aromatic N) is 1. The van der Waals surface area contributed by atoms with Crippen molar-refractivity contribution in [2.45, 2.75) is 20.3 Å². The van der Waals surface area contributed by atoms with Gasteiger partial charge < -0.3 is 14.0 Å². The second-order valence-electron chi connectivity index (χ2n) is 7.25. The maximum absolute atomic E-state index is 13.0. The van der Waals surface area contributed by atoms with E-state index in [1.54, 1.807) is 6.07 Å². The molecule has 1 aliphatic rings. The summed E-state index contributed by atoms with van der Waals surface area (Å²) < 4.78 is 26.1. The zero-order valence-corrected chi connectivity index (χ0v) is 17.2. The smallest absolute Gasteiger partial charge is 0.271 e. The molecule has 2 amide bonds. The fourth-order valence-electron chi connectivity index (χ4n) is 3.59. The summed E-state index contributed by atoms with van der Waals surface area (Å²) in [4.78, 5) is 24.8. The number of ether oxygens (including phenoxy) is 2. The molecule has 160 valence electrons. The van der Waals surface area contributed by atoms with Crippen LogP contribution < -0.4 is 20.3 Å². The van der Waals surface area contributed by atoms with Crippen molar-refractivity contribution < 1.29 is 23.5 Å². The first-order valence-corrected chi connectivity index (χ1v) is 9.85. The van der Waals surface area contributed by atoms with Crippen molar-refractivity contribution in [1.29, 1.82) is 0 Å². The van der Waals surface area contributed by atoms with Crippen molar-refractivity contribution in [2.24, 2.45) is 0 Å². The summed E-state index contributed by atoms with van der Waals surface area (Å²) in [6.45, 7) is 4.74. The highest BCUT2D eigenvalue weighted by molar-refractivity contribution is 5.97. The van der Waals surface area contributed by atoms with Crippen LogP contribution in [0.15, 0.2) is 48.5 Å². The number of carbonyl (C=O) groups is 2. The molecule has 4 rings (SSSR count). The minimum absolute atomic E-state index is 0.0246. The molecule has 0 atom stereocenters. The molecule has 0 radical (unpaired) electrons. The van der Waals surface area contributed by atoms with Crippen molar-refractivity contribution in [3.05, 3.63) is 76.9 Å². The Morgan fingerprint density at radius 2 is 1.68 bits per heavy atom. The van der Waals surface area contributed by atoms with Gasteiger partial charge in [-0.15, -0.1) is 0 Å². The molecule has 0 saturated carbocycles. The zero-order valence-electron chi connectivity index (χ0n) is 17.2. The van der Waals surface area contributed by atoms with Crippen LogP contribution in [-0.2, 0) is 11.2 Å². The van der Waals surface area contributed by atoms with Crippen molar-refractivity contribution in [3.8, 4) is 17.2 Å². The summed E-state index contributed by atoms with van der Waals surface area (Å²) >= 11 is 0. The molecule has 1 aromatic heterocycles. The molecule has 0 spiro atoms. The fraction of sp³-hybridized carbons (Fsp3) is 0.217. The number of hydrogen-bond acceptors (Lipinski definition) is 4. The maximum atomic E-state index is 13.0. The summed E-state index contributed by atoms with van der Waals surface area (Å²) in [6, 6.07) is 13.0. The third-order valence-corrected chi connectivity index (χ3v) is 5.05. The molecule has 2 heterocycles. The van der Waals surface area contributed by atoms with Gasteiger partial charge in [-0.1, -0.05) is 12.1 Å². The molecule has 31 heavy (non-hydrogen) atoms. The molecule has 2 aromatic carbocycles. The number of fused-ring (bicyclic) bond motifs is 1. The van der Waals surface area contributed by atoms with Gasteiger partial charge in [-0.2, -0.15) is 0 Å². The van der Waals surface area contributed by atoms with Gasteiger partial charge in [0.25, 0.3) is 5.91 Å². The molecule has 0 bridgehead atoms. The number of halogens is 1. The van der Waals surface area contributed by atoms with Gasteiger partial charge in [0.05, 0.1) is 12.0 Å². The van der Waals surface area contributed by atoms with E-state index in [0.29, 0.717) is 35.8 Å². The Labute approximate surface area is 178 Å². The Morgan fingerprint density at radius 1 is 0.968 bits per heavy atom. The highest BCUT2D eigenvalue weighted by Crippen LogP contribution is 2.33. The molecule has 1 aliphatic heterocycles. The van der Waals surface area contributed by atoms with Gasteiger partial charge in [-0.05, 0) is 49.7 Å². The van der Waals surface area contributed by atoms with Crippen LogP contribution in [0, 0.1) is 19.7 Å². The van der Waals surface area contributed by atoms with Crippen LogP contribution in [0.3, 0.4) is 0 Å². The van der Waals surface area contributed by atoms with Crippen LogP contribution in [-0.4, -0.2) is 29.6 Å². The van der Waals surface area contributed by atoms with Gasteiger partial charge in [-0.3, -0.25) is 20.4 Å². The number of carbonyl (C=O) groups excluding carboxylic acids is 2. The molecule has 0 unspecified atom stereocenters. The Morgan fingerprint density at radius 3 is 2.42 bits per heavy atom. The number of rotatable bonds is 4. The molecule has 3 aromatic rings. The van der Waals surface area contributed by atoms with Gasteiger partial charge in [0, 0.05) is 23.1 Å². The number of nitrogens with one attached hydrogen (secondary N) is 2. The van der Waals surface area contributed by atoms with E-state index in [1.807, 2.05) is 36.6 Å². The van der Waals surface area contributed by atoms with E-state index in [4.69, 9.17) is 9.47 Å². The van der Waals surface area contributed by atoms with E-state index >= 15 is 0 Å². The Hall–Kier alpha value is -3.81. The molecule has 7 nitrogen and oxygen atoms in total. The number of benzene rings is 2. The SMILES string of the molecule is Cc1cc(C(=O)NNC(=O)Cc2ccc(F)cc2)c(C)n1-c1ccc2c(c1)OCCO2. The van der Waals surface area contributed by atoms with Crippen LogP contribution in [0.4, 0.5) is 4.39 Å². The van der Waals surface area contributed by atoms with Gasteiger partial charge in [0.15, 0.2) is 11.5 Å². The molecular formula is C23H22FN3O4. The monoisotopic (exact) mass is 423 g/mol. The van der Waals surface area contributed by atoms with Crippen molar-refractivity contribution in [3.63, 3.8) is 0 Å². The molecule has 0 saturated heterocycles. The second kappa shape index (κ2) is 8.51. The fourth-order valence-corrected chi connectivity index (χ4v) is 3.59. The summed E-state index contributed by atoms with van der Waals surface area (Å²) in [5.74, 6) is 0.158.